The highest BCUT2D eigenvalue weighted by atomic mass is 16.3. The first-order valence-corrected chi connectivity index (χ1v) is 7.56. The summed E-state index contributed by atoms with van der Waals surface area (Å²) in [5.41, 5.74) is 1.56. The van der Waals surface area contributed by atoms with Crippen LogP contribution >= 0.6 is 0 Å². The average molecular weight is 275 g/mol. The number of rotatable bonds is 7. The minimum atomic E-state index is -0.605. The summed E-state index contributed by atoms with van der Waals surface area (Å²) in [4.78, 5) is 0. The smallest absolute Gasteiger partial charge is 0.134 e. The second-order valence-corrected chi connectivity index (χ2v) is 5.39. The molecular weight excluding hydrogens is 250 g/mol. The van der Waals surface area contributed by atoms with Gasteiger partial charge in [0.1, 0.15) is 11.3 Å². The molecule has 0 atom stereocenters. The lowest BCUT2D eigenvalue weighted by Gasteiger charge is -2.25. The Morgan fingerprint density at radius 2 is 1.85 bits per heavy atom. The fourth-order valence-electron chi connectivity index (χ4n) is 2.55. The van der Waals surface area contributed by atoms with Gasteiger partial charge in [0, 0.05) is 30.5 Å². The van der Waals surface area contributed by atoms with Gasteiger partial charge in [-0.15, -0.1) is 0 Å². The van der Waals surface area contributed by atoms with Crippen molar-refractivity contribution in [2.24, 2.45) is 0 Å². The highest BCUT2D eigenvalue weighted by molar-refractivity contribution is 5.82. The van der Waals surface area contributed by atoms with Crippen LogP contribution in [0.15, 0.2) is 28.7 Å². The van der Waals surface area contributed by atoms with Crippen molar-refractivity contribution in [2.75, 3.05) is 6.54 Å². The number of fused-ring (bicyclic) bond motifs is 1. The summed E-state index contributed by atoms with van der Waals surface area (Å²) in [6, 6.07) is 8.14. The van der Waals surface area contributed by atoms with Gasteiger partial charge in [0.15, 0.2) is 0 Å². The number of benzene rings is 1. The van der Waals surface area contributed by atoms with Crippen LogP contribution in [-0.4, -0.2) is 17.3 Å². The van der Waals surface area contributed by atoms with Gasteiger partial charge in [0.05, 0.1) is 5.60 Å². The minimum Gasteiger partial charge on any atom is -0.461 e. The van der Waals surface area contributed by atoms with Gasteiger partial charge in [-0.2, -0.15) is 0 Å². The van der Waals surface area contributed by atoms with Crippen LogP contribution in [-0.2, 0) is 13.0 Å². The van der Waals surface area contributed by atoms with Crippen LogP contribution in [0.5, 0.6) is 0 Å². The zero-order valence-corrected chi connectivity index (χ0v) is 12.7. The SMILES string of the molecule is CCc1oc2ccccc2c1CNCC(O)(CC)CC. The molecule has 0 spiro atoms. The molecule has 0 fully saturated rings. The molecule has 0 aliphatic carbocycles. The second-order valence-electron chi connectivity index (χ2n) is 5.39. The Morgan fingerprint density at radius 3 is 2.50 bits per heavy atom. The third kappa shape index (κ3) is 3.05. The van der Waals surface area contributed by atoms with Crippen molar-refractivity contribution < 1.29 is 9.52 Å². The largest absolute Gasteiger partial charge is 0.461 e. The van der Waals surface area contributed by atoms with Gasteiger partial charge < -0.3 is 14.8 Å². The van der Waals surface area contributed by atoms with E-state index in [9.17, 15) is 5.11 Å². The van der Waals surface area contributed by atoms with E-state index in [1.165, 1.54) is 10.9 Å². The topological polar surface area (TPSA) is 45.4 Å². The summed E-state index contributed by atoms with van der Waals surface area (Å²) in [5, 5.41) is 14.9. The number of hydrogen-bond donors (Lipinski definition) is 2. The maximum atomic E-state index is 10.3. The first-order valence-electron chi connectivity index (χ1n) is 7.56. The number of nitrogens with one attached hydrogen (secondary N) is 1. The van der Waals surface area contributed by atoms with Crippen molar-refractivity contribution in [1.82, 2.24) is 5.32 Å². The number of hydrogen-bond acceptors (Lipinski definition) is 3. The van der Waals surface area contributed by atoms with Crippen LogP contribution in [0.2, 0.25) is 0 Å². The third-order valence-electron chi connectivity index (χ3n) is 4.18. The first kappa shape index (κ1) is 15.1. The zero-order valence-electron chi connectivity index (χ0n) is 12.7. The van der Waals surface area contributed by atoms with Crippen molar-refractivity contribution in [3.63, 3.8) is 0 Å². The molecule has 0 bridgehead atoms. The van der Waals surface area contributed by atoms with Gasteiger partial charge in [-0.25, -0.2) is 0 Å². The van der Waals surface area contributed by atoms with Crippen molar-refractivity contribution in [2.45, 2.75) is 52.2 Å². The van der Waals surface area contributed by atoms with Crippen LogP contribution < -0.4 is 5.32 Å². The lowest BCUT2D eigenvalue weighted by molar-refractivity contribution is 0.0323. The maximum Gasteiger partial charge on any atom is 0.134 e. The molecule has 2 rings (SSSR count). The van der Waals surface area contributed by atoms with E-state index < -0.39 is 5.60 Å². The molecule has 0 radical (unpaired) electrons. The highest BCUT2D eigenvalue weighted by Gasteiger charge is 2.22. The van der Waals surface area contributed by atoms with Crippen molar-refractivity contribution >= 4 is 11.0 Å². The summed E-state index contributed by atoms with van der Waals surface area (Å²) < 4.78 is 5.88. The average Bonchev–Trinajstić information content (AvgIpc) is 2.85. The fourth-order valence-corrected chi connectivity index (χ4v) is 2.55. The van der Waals surface area contributed by atoms with E-state index in [4.69, 9.17) is 4.42 Å². The van der Waals surface area contributed by atoms with Gasteiger partial charge in [-0.3, -0.25) is 0 Å². The lowest BCUT2D eigenvalue weighted by atomic mass is 9.97. The van der Waals surface area contributed by atoms with Crippen molar-refractivity contribution in [3.05, 3.63) is 35.6 Å². The number of furan rings is 1. The van der Waals surface area contributed by atoms with Gasteiger partial charge >= 0.3 is 0 Å². The molecule has 1 aromatic heterocycles. The molecule has 0 unspecified atom stereocenters. The molecular formula is C17H25NO2. The van der Waals surface area contributed by atoms with Crippen molar-refractivity contribution in [3.8, 4) is 0 Å². The van der Waals surface area contributed by atoms with E-state index >= 15 is 0 Å². The van der Waals surface area contributed by atoms with Crippen LogP contribution in [0.1, 0.15) is 44.9 Å². The van der Waals surface area contributed by atoms with E-state index in [2.05, 4.69) is 18.3 Å². The summed E-state index contributed by atoms with van der Waals surface area (Å²) >= 11 is 0. The molecule has 110 valence electrons. The van der Waals surface area contributed by atoms with Crippen LogP contribution in [0.3, 0.4) is 0 Å². The Balaban J connectivity index is 2.13. The van der Waals surface area contributed by atoms with Crippen LogP contribution in [0.4, 0.5) is 0 Å². The molecule has 3 heteroatoms. The normalized spacial score (nSPS) is 12.2. The molecule has 0 amide bonds. The Hall–Kier alpha value is -1.32. The molecule has 0 aliphatic rings. The summed E-state index contributed by atoms with van der Waals surface area (Å²) in [6.45, 7) is 7.51. The van der Waals surface area contributed by atoms with Crippen LogP contribution in [0.25, 0.3) is 11.0 Å². The quantitative estimate of drug-likeness (QED) is 0.811. The first-order chi connectivity index (χ1) is 9.63. The summed E-state index contributed by atoms with van der Waals surface area (Å²) in [7, 11) is 0. The predicted molar refractivity (Wildman–Crippen MR) is 82.8 cm³/mol. The van der Waals surface area contributed by atoms with Gasteiger partial charge in [0.2, 0.25) is 0 Å². The van der Waals surface area contributed by atoms with Gasteiger partial charge in [-0.05, 0) is 18.9 Å². The Kier molecular flexibility index (Phi) is 4.84. The van der Waals surface area contributed by atoms with E-state index in [0.717, 1.165) is 37.2 Å². The molecule has 0 saturated carbocycles. The third-order valence-corrected chi connectivity index (χ3v) is 4.18. The molecule has 0 saturated heterocycles. The monoisotopic (exact) mass is 275 g/mol. The fraction of sp³-hybridized carbons (Fsp3) is 0.529. The Labute approximate surface area is 121 Å². The van der Waals surface area contributed by atoms with Crippen molar-refractivity contribution in [1.29, 1.82) is 0 Å². The van der Waals surface area contributed by atoms with E-state index in [-0.39, 0.29) is 0 Å². The molecule has 1 heterocycles. The van der Waals surface area contributed by atoms with Gasteiger partial charge in [-0.1, -0.05) is 39.0 Å². The Bertz CT molecular complexity index is 555. The number of aliphatic hydroxyl groups is 1. The molecule has 0 aliphatic heterocycles. The number of aryl methyl sites for hydroxylation is 1. The molecule has 2 aromatic rings. The Morgan fingerprint density at radius 1 is 1.15 bits per heavy atom. The highest BCUT2D eigenvalue weighted by Crippen LogP contribution is 2.26. The van der Waals surface area contributed by atoms with E-state index in [0.29, 0.717) is 6.54 Å². The summed E-state index contributed by atoms with van der Waals surface area (Å²) in [6.07, 6.45) is 2.42. The molecule has 2 N–H and O–H groups in total. The second kappa shape index (κ2) is 6.42. The molecule has 1 aromatic carbocycles. The van der Waals surface area contributed by atoms with E-state index in [1.54, 1.807) is 0 Å². The lowest BCUT2D eigenvalue weighted by Crippen LogP contribution is -2.39. The predicted octanol–water partition coefficient (Wildman–Crippen LogP) is 3.64. The van der Waals surface area contributed by atoms with Gasteiger partial charge in [0.25, 0.3) is 0 Å². The van der Waals surface area contributed by atoms with Crippen LogP contribution in [0, 0.1) is 0 Å². The number of para-hydroxylation sites is 1. The van der Waals surface area contributed by atoms with E-state index in [1.807, 2.05) is 32.0 Å². The summed E-state index contributed by atoms with van der Waals surface area (Å²) in [5.74, 6) is 1.04. The maximum absolute atomic E-state index is 10.3. The standard InChI is InChI=1S/C17H25NO2/c1-4-15-14(11-18-12-17(19,5-2)6-3)13-9-7-8-10-16(13)20-15/h7-10,18-19H,4-6,11-12H2,1-3H3. The molecule has 20 heavy (non-hydrogen) atoms. The minimum absolute atomic E-state index is 0.605. The zero-order chi connectivity index (χ0) is 14.6. The molecule has 3 nitrogen and oxygen atoms in total.